The second-order valence-electron chi connectivity index (χ2n) is 3.37. The molecule has 2 aromatic rings. The van der Waals surface area contributed by atoms with Gasteiger partial charge in [0.05, 0.1) is 6.04 Å². The first kappa shape index (κ1) is 11.3. The Bertz CT molecular complexity index is 443. The van der Waals surface area contributed by atoms with Crippen molar-refractivity contribution in [2.45, 2.75) is 13.0 Å². The van der Waals surface area contributed by atoms with Gasteiger partial charge in [0.2, 0.25) is 5.95 Å². The summed E-state index contributed by atoms with van der Waals surface area (Å²) in [6.07, 6.45) is 7.13. The van der Waals surface area contributed by atoms with Crippen LogP contribution in [0, 0.1) is 3.57 Å². The molecule has 0 aliphatic rings. The van der Waals surface area contributed by atoms with Crippen LogP contribution in [-0.2, 0) is 0 Å². The molecule has 16 heavy (non-hydrogen) atoms. The van der Waals surface area contributed by atoms with E-state index in [2.05, 4.69) is 49.8 Å². The van der Waals surface area contributed by atoms with Crippen molar-refractivity contribution in [1.29, 1.82) is 0 Å². The molecule has 0 saturated heterocycles. The summed E-state index contributed by atoms with van der Waals surface area (Å²) in [5, 5.41) is 3.23. The second-order valence-corrected chi connectivity index (χ2v) is 4.62. The highest BCUT2D eigenvalue weighted by atomic mass is 127. The zero-order valence-corrected chi connectivity index (χ0v) is 10.9. The Labute approximate surface area is 108 Å². The van der Waals surface area contributed by atoms with Crippen LogP contribution >= 0.6 is 22.6 Å². The Morgan fingerprint density at radius 2 is 1.81 bits per heavy atom. The van der Waals surface area contributed by atoms with Gasteiger partial charge in [-0.05, 0) is 47.2 Å². The van der Waals surface area contributed by atoms with Gasteiger partial charge in [0, 0.05) is 28.4 Å². The fourth-order valence-corrected chi connectivity index (χ4v) is 1.59. The van der Waals surface area contributed by atoms with Crippen LogP contribution in [0.2, 0.25) is 0 Å². The highest BCUT2D eigenvalue weighted by Gasteiger charge is 2.05. The second kappa shape index (κ2) is 5.20. The molecular formula is C11H11IN4. The molecule has 82 valence electrons. The van der Waals surface area contributed by atoms with Crippen LogP contribution in [0.25, 0.3) is 0 Å². The van der Waals surface area contributed by atoms with Crippen molar-refractivity contribution in [1.82, 2.24) is 15.0 Å². The molecule has 0 aromatic carbocycles. The molecule has 1 atom stereocenters. The zero-order chi connectivity index (χ0) is 11.4. The van der Waals surface area contributed by atoms with Crippen LogP contribution in [0.1, 0.15) is 18.5 Å². The van der Waals surface area contributed by atoms with Crippen LogP contribution in [0.15, 0.2) is 36.9 Å². The summed E-state index contributed by atoms with van der Waals surface area (Å²) in [6.45, 7) is 2.07. The Morgan fingerprint density at radius 1 is 1.19 bits per heavy atom. The Kier molecular flexibility index (Phi) is 3.66. The molecule has 0 aliphatic carbocycles. The van der Waals surface area contributed by atoms with Crippen LogP contribution in [0.5, 0.6) is 0 Å². The number of hydrogen-bond donors (Lipinski definition) is 1. The fraction of sp³-hybridized carbons (Fsp3) is 0.182. The maximum absolute atomic E-state index is 4.20. The third-order valence-electron chi connectivity index (χ3n) is 2.17. The van der Waals surface area contributed by atoms with Crippen molar-refractivity contribution < 1.29 is 0 Å². The molecular weight excluding hydrogens is 315 g/mol. The van der Waals surface area contributed by atoms with Crippen molar-refractivity contribution in [3.8, 4) is 0 Å². The number of rotatable bonds is 3. The average Bonchev–Trinajstić information content (AvgIpc) is 2.33. The smallest absolute Gasteiger partial charge is 0.223 e. The lowest BCUT2D eigenvalue weighted by Crippen LogP contribution is -2.09. The number of hydrogen-bond acceptors (Lipinski definition) is 4. The summed E-state index contributed by atoms with van der Waals surface area (Å²) in [6, 6.07) is 4.12. The minimum absolute atomic E-state index is 0.170. The highest BCUT2D eigenvalue weighted by Crippen LogP contribution is 2.15. The van der Waals surface area contributed by atoms with Crippen LogP contribution < -0.4 is 5.32 Å². The van der Waals surface area contributed by atoms with E-state index in [9.17, 15) is 0 Å². The van der Waals surface area contributed by atoms with Crippen molar-refractivity contribution in [2.24, 2.45) is 0 Å². The van der Waals surface area contributed by atoms with Gasteiger partial charge in [0.25, 0.3) is 0 Å². The summed E-state index contributed by atoms with van der Waals surface area (Å²) in [5.41, 5.74) is 1.16. The van der Waals surface area contributed by atoms with Gasteiger partial charge in [-0.1, -0.05) is 0 Å². The summed E-state index contributed by atoms with van der Waals surface area (Å²) in [7, 11) is 0. The van der Waals surface area contributed by atoms with Crippen molar-refractivity contribution >= 4 is 28.5 Å². The van der Waals surface area contributed by atoms with Gasteiger partial charge in [-0.25, -0.2) is 9.97 Å². The van der Waals surface area contributed by atoms with Gasteiger partial charge >= 0.3 is 0 Å². The van der Waals surface area contributed by atoms with Gasteiger partial charge < -0.3 is 5.32 Å². The van der Waals surface area contributed by atoms with Gasteiger partial charge in [-0.15, -0.1) is 0 Å². The van der Waals surface area contributed by atoms with E-state index in [1.165, 1.54) is 0 Å². The number of nitrogens with zero attached hydrogens (tertiary/aromatic N) is 3. The highest BCUT2D eigenvalue weighted by molar-refractivity contribution is 14.1. The standard InChI is InChI=1S/C11H11IN4/c1-8(9-2-4-13-5-3-9)16-11-14-6-10(12)7-15-11/h2-8H,1H3,(H,14,15,16). The first-order valence-corrected chi connectivity index (χ1v) is 5.97. The topological polar surface area (TPSA) is 50.7 Å². The summed E-state index contributed by atoms with van der Waals surface area (Å²) in [5.74, 6) is 0.643. The van der Waals surface area contributed by atoms with E-state index in [1.54, 1.807) is 24.8 Å². The lowest BCUT2D eigenvalue weighted by atomic mass is 10.1. The molecule has 0 bridgehead atoms. The average molecular weight is 326 g/mol. The molecule has 2 aromatic heterocycles. The predicted molar refractivity (Wildman–Crippen MR) is 71.0 cm³/mol. The Balaban J connectivity index is 2.08. The summed E-state index contributed by atoms with van der Waals surface area (Å²) in [4.78, 5) is 12.4. The van der Waals surface area contributed by atoms with Gasteiger partial charge in [-0.3, -0.25) is 4.98 Å². The van der Waals surface area contributed by atoms with E-state index >= 15 is 0 Å². The summed E-state index contributed by atoms with van der Waals surface area (Å²) < 4.78 is 1.03. The minimum Gasteiger partial charge on any atom is -0.348 e. The van der Waals surface area contributed by atoms with Crippen molar-refractivity contribution in [3.05, 3.63) is 46.1 Å². The van der Waals surface area contributed by atoms with Crippen LogP contribution in [0.4, 0.5) is 5.95 Å². The molecule has 2 rings (SSSR count). The fourth-order valence-electron chi connectivity index (χ4n) is 1.32. The van der Waals surface area contributed by atoms with Crippen molar-refractivity contribution in [2.75, 3.05) is 5.32 Å². The molecule has 4 nitrogen and oxygen atoms in total. The monoisotopic (exact) mass is 326 g/mol. The molecule has 0 fully saturated rings. The van der Waals surface area contributed by atoms with Gasteiger partial charge in [0.15, 0.2) is 0 Å². The molecule has 0 saturated carbocycles. The molecule has 0 aliphatic heterocycles. The largest absolute Gasteiger partial charge is 0.348 e. The van der Waals surface area contributed by atoms with E-state index in [-0.39, 0.29) is 6.04 Å². The van der Waals surface area contributed by atoms with E-state index in [1.807, 2.05) is 12.1 Å². The summed E-state index contributed by atoms with van der Waals surface area (Å²) >= 11 is 2.18. The first-order valence-electron chi connectivity index (χ1n) is 4.90. The molecule has 5 heteroatoms. The molecule has 0 spiro atoms. The third-order valence-corrected chi connectivity index (χ3v) is 2.73. The first-order chi connectivity index (χ1) is 7.75. The maximum atomic E-state index is 4.20. The molecule has 2 heterocycles. The maximum Gasteiger partial charge on any atom is 0.223 e. The lowest BCUT2D eigenvalue weighted by molar-refractivity contribution is 0.856. The van der Waals surface area contributed by atoms with Crippen LogP contribution in [-0.4, -0.2) is 15.0 Å². The SMILES string of the molecule is CC(Nc1ncc(I)cn1)c1ccncc1. The number of nitrogens with one attached hydrogen (secondary N) is 1. The number of pyridine rings is 1. The van der Waals surface area contributed by atoms with Gasteiger partial charge in [-0.2, -0.15) is 0 Å². The normalized spacial score (nSPS) is 12.1. The third kappa shape index (κ3) is 2.88. The number of aromatic nitrogens is 3. The van der Waals surface area contributed by atoms with Gasteiger partial charge in [0.1, 0.15) is 0 Å². The molecule has 1 unspecified atom stereocenters. The van der Waals surface area contributed by atoms with E-state index in [0.717, 1.165) is 9.13 Å². The number of halogens is 1. The molecule has 1 N–H and O–H groups in total. The van der Waals surface area contributed by atoms with Crippen molar-refractivity contribution in [3.63, 3.8) is 0 Å². The van der Waals surface area contributed by atoms with E-state index < -0.39 is 0 Å². The quantitative estimate of drug-likeness (QED) is 0.881. The Morgan fingerprint density at radius 3 is 2.44 bits per heavy atom. The minimum atomic E-state index is 0.170. The predicted octanol–water partition coefficient (Wildman–Crippen LogP) is 2.65. The zero-order valence-electron chi connectivity index (χ0n) is 8.76. The van der Waals surface area contributed by atoms with E-state index in [0.29, 0.717) is 5.95 Å². The lowest BCUT2D eigenvalue weighted by Gasteiger charge is -2.13. The Hall–Kier alpha value is -1.24. The van der Waals surface area contributed by atoms with E-state index in [4.69, 9.17) is 0 Å². The molecule has 0 amide bonds. The molecule has 0 radical (unpaired) electrons. The van der Waals surface area contributed by atoms with Crippen LogP contribution in [0.3, 0.4) is 0 Å². The number of anilines is 1.